The van der Waals surface area contributed by atoms with Crippen LogP contribution in [-0.4, -0.2) is 25.4 Å². The Hall–Kier alpha value is -2.40. The molecular weight excluding hydrogens is 310 g/mol. The fourth-order valence-corrected chi connectivity index (χ4v) is 3.69. The van der Waals surface area contributed by atoms with E-state index in [0.29, 0.717) is 16.8 Å². The maximum Gasteiger partial charge on any atom is 0.176 e. The Labute approximate surface area is 135 Å². The first-order valence-corrected chi connectivity index (χ1v) is 9.08. The number of pyridine rings is 1. The molecule has 0 fully saturated rings. The first kappa shape index (κ1) is 15.5. The molecule has 0 amide bonds. The lowest BCUT2D eigenvalue weighted by molar-refractivity contribution is 0.111. The molecule has 3 rings (SSSR count). The Morgan fingerprint density at radius 3 is 2.30 bits per heavy atom. The zero-order valence-electron chi connectivity index (χ0n) is 13.2. The summed E-state index contributed by atoms with van der Waals surface area (Å²) in [6.45, 7) is 3.85. The second kappa shape index (κ2) is 5.35. The van der Waals surface area contributed by atoms with Gasteiger partial charge in [0.25, 0.3) is 0 Å². The van der Waals surface area contributed by atoms with Gasteiger partial charge < -0.3 is 4.40 Å². The Bertz CT molecular complexity index is 1030. The molecule has 0 N–H and O–H groups in total. The maximum absolute atomic E-state index is 12.1. The Balaban J connectivity index is 2.42. The van der Waals surface area contributed by atoms with E-state index in [9.17, 15) is 13.2 Å². The first-order chi connectivity index (χ1) is 10.8. The molecular formula is C18H17NO3S. The van der Waals surface area contributed by atoms with Crippen molar-refractivity contribution in [1.82, 2.24) is 4.40 Å². The summed E-state index contributed by atoms with van der Waals surface area (Å²) in [4.78, 5) is 11.9. The van der Waals surface area contributed by atoms with E-state index in [1.165, 1.54) is 6.26 Å². The zero-order valence-corrected chi connectivity index (χ0v) is 14.0. The van der Waals surface area contributed by atoms with Gasteiger partial charge in [-0.3, -0.25) is 4.79 Å². The van der Waals surface area contributed by atoms with Gasteiger partial charge in [0.2, 0.25) is 0 Å². The summed E-state index contributed by atoms with van der Waals surface area (Å²) < 4.78 is 26.0. The summed E-state index contributed by atoms with van der Waals surface area (Å²) in [5, 5.41) is 0. The van der Waals surface area contributed by atoms with E-state index in [1.807, 2.05) is 44.3 Å². The van der Waals surface area contributed by atoms with Crippen molar-refractivity contribution in [3.8, 4) is 11.1 Å². The molecule has 23 heavy (non-hydrogen) atoms. The molecule has 0 atom stereocenters. The summed E-state index contributed by atoms with van der Waals surface area (Å²) in [5.74, 6) is 0. The molecule has 0 saturated carbocycles. The van der Waals surface area contributed by atoms with Crippen molar-refractivity contribution in [2.24, 2.45) is 0 Å². The third-order valence-electron chi connectivity index (χ3n) is 3.89. The number of carbonyl (C=O) groups is 1. The van der Waals surface area contributed by atoms with Crippen LogP contribution < -0.4 is 0 Å². The third kappa shape index (κ3) is 2.68. The van der Waals surface area contributed by atoms with Gasteiger partial charge in [-0.05, 0) is 37.6 Å². The Morgan fingerprint density at radius 1 is 0.957 bits per heavy atom. The molecule has 2 aromatic heterocycles. The number of aryl methyl sites for hydroxylation is 2. The van der Waals surface area contributed by atoms with Gasteiger partial charge in [0.15, 0.2) is 16.1 Å². The number of hydrogen-bond acceptors (Lipinski definition) is 3. The highest BCUT2D eigenvalue weighted by atomic mass is 32.2. The van der Waals surface area contributed by atoms with Crippen molar-refractivity contribution in [2.75, 3.05) is 6.26 Å². The molecule has 0 radical (unpaired) electrons. The summed E-state index contributed by atoms with van der Waals surface area (Å²) in [6, 6.07) is 10.9. The number of benzene rings is 1. The van der Waals surface area contributed by atoms with Crippen LogP contribution in [0.25, 0.3) is 16.6 Å². The summed E-state index contributed by atoms with van der Waals surface area (Å²) >= 11 is 0. The number of fused-ring (bicyclic) bond motifs is 1. The number of aldehydes is 1. The van der Waals surface area contributed by atoms with Gasteiger partial charge in [-0.2, -0.15) is 0 Å². The van der Waals surface area contributed by atoms with Crippen LogP contribution in [0, 0.1) is 13.8 Å². The van der Waals surface area contributed by atoms with Crippen LogP contribution in [-0.2, 0) is 9.84 Å². The van der Waals surface area contributed by atoms with Gasteiger partial charge >= 0.3 is 0 Å². The van der Waals surface area contributed by atoms with Gasteiger partial charge in [0, 0.05) is 29.1 Å². The molecule has 2 heterocycles. The van der Waals surface area contributed by atoms with Crippen LogP contribution in [0.4, 0.5) is 0 Å². The molecule has 0 aliphatic rings. The van der Waals surface area contributed by atoms with Gasteiger partial charge in [-0.1, -0.05) is 23.8 Å². The number of rotatable bonds is 3. The van der Waals surface area contributed by atoms with E-state index >= 15 is 0 Å². The topological polar surface area (TPSA) is 55.6 Å². The van der Waals surface area contributed by atoms with Gasteiger partial charge in [0.1, 0.15) is 0 Å². The minimum atomic E-state index is -3.39. The lowest BCUT2D eigenvalue weighted by Crippen LogP contribution is -2.01. The Morgan fingerprint density at radius 2 is 1.65 bits per heavy atom. The van der Waals surface area contributed by atoms with E-state index < -0.39 is 9.84 Å². The van der Waals surface area contributed by atoms with Crippen LogP contribution in [0.5, 0.6) is 0 Å². The molecule has 0 unspecified atom stereocenters. The lowest BCUT2D eigenvalue weighted by atomic mass is 10.0. The highest BCUT2D eigenvalue weighted by Crippen LogP contribution is 2.33. The monoisotopic (exact) mass is 327 g/mol. The van der Waals surface area contributed by atoms with Crippen molar-refractivity contribution in [3.05, 3.63) is 59.4 Å². The smallest absolute Gasteiger partial charge is 0.176 e. The molecule has 3 aromatic rings. The molecule has 0 spiro atoms. The van der Waals surface area contributed by atoms with Gasteiger partial charge in [0.05, 0.1) is 10.6 Å². The van der Waals surface area contributed by atoms with E-state index in [1.54, 1.807) is 16.5 Å². The standard InChI is InChI=1S/C18H17NO3S/c1-12-5-7-18(23(3,21)22)16(8-12)15-9-14-6-4-13(2)10-19(14)17(15)11-20/h4-11H,1-3H3. The molecule has 1 aromatic carbocycles. The molecule has 0 bridgehead atoms. The second-order valence-corrected chi connectivity index (χ2v) is 7.82. The largest absolute Gasteiger partial charge is 0.313 e. The van der Waals surface area contributed by atoms with Crippen molar-refractivity contribution in [3.63, 3.8) is 0 Å². The summed E-state index contributed by atoms with van der Waals surface area (Å²) in [7, 11) is -3.39. The Kier molecular flexibility index (Phi) is 3.60. The molecule has 0 aliphatic heterocycles. The van der Waals surface area contributed by atoms with Crippen LogP contribution in [0.3, 0.4) is 0 Å². The predicted molar refractivity (Wildman–Crippen MR) is 90.8 cm³/mol. The maximum atomic E-state index is 12.1. The molecule has 4 nitrogen and oxygen atoms in total. The summed E-state index contributed by atoms with van der Waals surface area (Å²) in [6.07, 6.45) is 3.83. The molecule has 5 heteroatoms. The molecule has 0 aliphatic carbocycles. The fourth-order valence-electron chi connectivity index (χ4n) is 2.81. The summed E-state index contributed by atoms with van der Waals surface area (Å²) in [5.41, 5.74) is 4.48. The van der Waals surface area contributed by atoms with E-state index in [0.717, 1.165) is 22.9 Å². The minimum absolute atomic E-state index is 0.235. The van der Waals surface area contributed by atoms with E-state index in [2.05, 4.69) is 0 Å². The minimum Gasteiger partial charge on any atom is -0.313 e. The highest BCUT2D eigenvalue weighted by Gasteiger charge is 2.19. The first-order valence-electron chi connectivity index (χ1n) is 7.19. The highest BCUT2D eigenvalue weighted by molar-refractivity contribution is 7.90. The van der Waals surface area contributed by atoms with Gasteiger partial charge in [-0.15, -0.1) is 0 Å². The van der Waals surface area contributed by atoms with E-state index in [4.69, 9.17) is 0 Å². The number of aromatic nitrogens is 1. The van der Waals surface area contributed by atoms with Crippen LogP contribution in [0.1, 0.15) is 21.6 Å². The average Bonchev–Trinajstić information content (AvgIpc) is 2.83. The molecule has 0 saturated heterocycles. The second-order valence-electron chi connectivity index (χ2n) is 5.83. The normalized spacial score (nSPS) is 11.8. The zero-order chi connectivity index (χ0) is 16.8. The van der Waals surface area contributed by atoms with Crippen LogP contribution in [0.15, 0.2) is 47.5 Å². The van der Waals surface area contributed by atoms with Crippen molar-refractivity contribution in [1.29, 1.82) is 0 Å². The molecule has 118 valence electrons. The quantitative estimate of drug-likeness (QED) is 0.693. The lowest BCUT2D eigenvalue weighted by Gasteiger charge is -2.09. The SMILES string of the molecule is Cc1ccc(S(C)(=O)=O)c(-c2cc3ccc(C)cn3c2C=O)c1. The fraction of sp³-hybridized carbons (Fsp3) is 0.167. The number of hydrogen-bond donors (Lipinski definition) is 0. The van der Waals surface area contributed by atoms with E-state index in [-0.39, 0.29) is 4.90 Å². The van der Waals surface area contributed by atoms with Crippen molar-refractivity contribution in [2.45, 2.75) is 18.7 Å². The third-order valence-corrected chi connectivity index (χ3v) is 5.05. The van der Waals surface area contributed by atoms with Crippen molar-refractivity contribution >= 4 is 21.6 Å². The van der Waals surface area contributed by atoms with Crippen LogP contribution in [0.2, 0.25) is 0 Å². The van der Waals surface area contributed by atoms with Crippen LogP contribution >= 0.6 is 0 Å². The average molecular weight is 327 g/mol. The van der Waals surface area contributed by atoms with Gasteiger partial charge in [-0.25, -0.2) is 8.42 Å². The number of nitrogens with zero attached hydrogens (tertiary/aromatic N) is 1. The number of sulfone groups is 1. The predicted octanol–water partition coefficient (Wildman–Crippen LogP) is 3.44. The van der Waals surface area contributed by atoms with Crippen molar-refractivity contribution < 1.29 is 13.2 Å². The number of carbonyl (C=O) groups excluding carboxylic acids is 1.